The van der Waals surface area contributed by atoms with Crippen LogP contribution in [-0.2, 0) is 0 Å². The number of benzene rings is 2. The Hall–Kier alpha value is -3.01. The van der Waals surface area contributed by atoms with Crippen LogP contribution in [0.3, 0.4) is 0 Å². The van der Waals surface area contributed by atoms with Crippen LogP contribution in [0.1, 0.15) is 0 Å². The quantitative estimate of drug-likeness (QED) is 0.573. The van der Waals surface area contributed by atoms with E-state index < -0.39 is 5.43 Å². The fourth-order valence-electron chi connectivity index (χ4n) is 2.51. The lowest BCUT2D eigenvalue weighted by molar-refractivity contribution is 0.449. The summed E-state index contributed by atoms with van der Waals surface area (Å²) in [6, 6.07) is 14.0. The van der Waals surface area contributed by atoms with E-state index in [-0.39, 0.29) is 11.5 Å². The molecule has 102 valence electrons. The molecule has 0 aliphatic rings. The van der Waals surface area contributed by atoms with Crippen molar-refractivity contribution in [3.8, 4) is 17.1 Å². The lowest BCUT2D eigenvalue weighted by atomic mass is 10.1. The molecule has 4 aromatic rings. The molecule has 0 unspecified atom stereocenters. The Morgan fingerprint density at radius 3 is 2.57 bits per heavy atom. The van der Waals surface area contributed by atoms with E-state index in [1.165, 1.54) is 0 Å². The maximum atomic E-state index is 12.3. The summed E-state index contributed by atoms with van der Waals surface area (Å²) in [6.07, 6.45) is 1.56. The maximum absolute atomic E-state index is 12.3. The first-order valence-corrected chi connectivity index (χ1v) is 6.47. The molecule has 1 N–H and O–H groups in total. The Kier molecular flexibility index (Phi) is 2.38. The van der Waals surface area contributed by atoms with Crippen molar-refractivity contribution in [3.05, 3.63) is 65.0 Å². The molecule has 2 aromatic heterocycles. The highest BCUT2D eigenvalue weighted by molar-refractivity contribution is 5.95. The number of hydrogen-bond acceptors (Lipinski definition) is 4. The fraction of sp³-hybridized carbons (Fsp3) is 0. The van der Waals surface area contributed by atoms with Crippen LogP contribution < -0.4 is 5.43 Å². The minimum atomic E-state index is -0.438. The van der Waals surface area contributed by atoms with Gasteiger partial charge in [0, 0.05) is 10.9 Å². The normalized spacial score (nSPS) is 11.2. The maximum Gasteiger partial charge on any atom is 0.235 e. The predicted molar refractivity (Wildman–Crippen MR) is 79.4 cm³/mol. The van der Waals surface area contributed by atoms with Crippen LogP contribution >= 0.6 is 0 Å². The van der Waals surface area contributed by atoms with Crippen molar-refractivity contribution in [2.45, 2.75) is 0 Å². The van der Waals surface area contributed by atoms with Gasteiger partial charge in [0.25, 0.3) is 0 Å². The molecule has 0 aliphatic carbocycles. The van der Waals surface area contributed by atoms with E-state index in [4.69, 9.17) is 8.83 Å². The first kappa shape index (κ1) is 11.8. The van der Waals surface area contributed by atoms with Gasteiger partial charge in [-0.2, -0.15) is 0 Å². The molecule has 0 radical (unpaired) electrons. The first-order valence-electron chi connectivity index (χ1n) is 6.47. The van der Waals surface area contributed by atoms with Gasteiger partial charge in [0.15, 0.2) is 5.76 Å². The summed E-state index contributed by atoms with van der Waals surface area (Å²) in [5.74, 6) is -0.229. The van der Waals surface area contributed by atoms with E-state index in [1.807, 2.05) is 6.07 Å². The van der Waals surface area contributed by atoms with Crippen molar-refractivity contribution in [1.82, 2.24) is 0 Å². The van der Waals surface area contributed by atoms with Crippen molar-refractivity contribution in [3.63, 3.8) is 0 Å². The molecule has 0 bridgehead atoms. The smallest absolute Gasteiger partial charge is 0.235 e. The summed E-state index contributed by atoms with van der Waals surface area (Å²) in [5, 5.41) is 11.4. The van der Waals surface area contributed by atoms with E-state index in [9.17, 15) is 9.90 Å². The van der Waals surface area contributed by atoms with Gasteiger partial charge in [-0.25, -0.2) is 0 Å². The van der Waals surface area contributed by atoms with Gasteiger partial charge in [-0.15, -0.1) is 0 Å². The highest BCUT2D eigenvalue weighted by Gasteiger charge is 2.17. The van der Waals surface area contributed by atoms with E-state index in [1.54, 1.807) is 48.7 Å². The van der Waals surface area contributed by atoms with Gasteiger partial charge in [0.2, 0.25) is 11.2 Å². The van der Waals surface area contributed by atoms with Gasteiger partial charge in [0.1, 0.15) is 11.2 Å². The Morgan fingerprint density at radius 2 is 1.67 bits per heavy atom. The van der Waals surface area contributed by atoms with E-state index in [2.05, 4.69) is 0 Å². The summed E-state index contributed by atoms with van der Waals surface area (Å²) < 4.78 is 11.1. The van der Waals surface area contributed by atoms with Gasteiger partial charge in [-0.05, 0) is 24.3 Å². The number of aromatic hydroxyl groups is 1. The van der Waals surface area contributed by atoms with E-state index in [0.717, 1.165) is 5.39 Å². The molecule has 0 spiro atoms. The number of hydrogen-bond donors (Lipinski definition) is 1. The zero-order valence-electron chi connectivity index (χ0n) is 10.9. The van der Waals surface area contributed by atoms with E-state index >= 15 is 0 Å². The van der Waals surface area contributed by atoms with Crippen molar-refractivity contribution < 1.29 is 13.9 Å². The van der Waals surface area contributed by atoms with Crippen LogP contribution in [0, 0.1) is 0 Å². The second-order valence-electron chi connectivity index (χ2n) is 4.74. The van der Waals surface area contributed by atoms with Crippen molar-refractivity contribution >= 4 is 21.9 Å². The SMILES string of the molecule is O=c1c(O)c(-c2cccc3occc23)oc2ccccc12. The minimum absolute atomic E-state index is 0.158. The average Bonchev–Trinajstić information content (AvgIpc) is 2.99. The van der Waals surface area contributed by atoms with Gasteiger partial charge >= 0.3 is 0 Å². The molecule has 4 heteroatoms. The summed E-state index contributed by atoms with van der Waals surface area (Å²) in [4.78, 5) is 12.3. The van der Waals surface area contributed by atoms with Gasteiger partial charge in [-0.1, -0.05) is 24.3 Å². The van der Waals surface area contributed by atoms with Crippen molar-refractivity contribution in [1.29, 1.82) is 0 Å². The second kappa shape index (κ2) is 4.24. The lowest BCUT2D eigenvalue weighted by Crippen LogP contribution is -2.02. The highest BCUT2D eigenvalue weighted by atomic mass is 16.4. The predicted octanol–water partition coefficient (Wildman–Crippen LogP) is 3.91. The van der Waals surface area contributed by atoms with Crippen LogP contribution in [0.15, 0.2) is 68.4 Å². The van der Waals surface area contributed by atoms with Gasteiger partial charge in [0.05, 0.1) is 11.6 Å². The number of fused-ring (bicyclic) bond motifs is 2. The number of para-hydroxylation sites is 1. The Bertz CT molecular complexity index is 1020. The molecule has 0 atom stereocenters. The summed E-state index contributed by atoms with van der Waals surface area (Å²) >= 11 is 0. The highest BCUT2D eigenvalue weighted by Crippen LogP contribution is 2.35. The molecule has 0 aliphatic heterocycles. The molecular formula is C17H10O4. The van der Waals surface area contributed by atoms with Crippen LogP contribution in [0.2, 0.25) is 0 Å². The van der Waals surface area contributed by atoms with Crippen LogP contribution in [-0.4, -0.2) is 5.11 Å². The topological polar surface area (TPSA) is 63.6 Å². The van der Waals surface area contributed by atoms with Crippen molar-refractivity contribution in [2.75, 3.05) is 0 Å². The molecule has 0 fully saturated rings. The van der Waals surface area contributed by atoms with Gasteiger partial charge < -0.3 is 13.9 Å². The second-order valence-corrected chi connectivity index (χ2v) is 4.74. The largest absolute Gasteiger partial charge is 0.502 e. The number of furan rings is 1. The number of rotatable bonds is 1. The molecule has 2 heterocycles. The molecule has 4 rings (SSSR count). The Morgan fingerprint density at radius 1 is 0.857 bits per heavy atom. The van der Waals surface area contributed by atoms with Crippen LogP contribution in [0.5, 0.6) is 5.75 Å². The standard InChI is InChI=1S/C17H10O4/c18-15-12-4-1-2-6-14(12)21-17(16(15)19)11-5-3-7-13-10(11)8-9-20-13/h1-9,19H. The molecule has 4 nitrogen and oxygen atoms in total. The Balaban J connectivity index is 2.14. The fourth-order valence-corrected chi connectivity index (χ4v) is 2.51. The van der Waals surface area contributed by atoms with Crippen LogP contribution in [0.25, 0.3) is 33.3 Å². The lowest BCUT2D eigenvalue weighted by Gasteiger charge is -2.06. The minimum Gasteiger partial charge on any atom is -0.502 e. The molecule has 0 saturated heterocycles. The van der Waals surface area contributed by atoms with E-state index in [0.29, 0.717) is 22.1 Å². The van der Waals surface area contributed by atoms with Crippen molar-refractivity contribution in [2.24, 2.45) is 0 Å². The van der Waals surface area contributed by atoms with Crippen LogP contribution in [0.4, 0.5) is 0 Å². The summed E-state index contributed by atoms with van der Waals surface area (Å²) in [5.41, 5.74) is 1.30. The molecule has 2 aromatic carbocycles. The third kappa shape index (κ3) is 1.66. The molecule has 21 heavy (non-hydrogen) atoms. The Labute approximate surface area is 118 Å². The molecular weight excluding hydrogens is 268 g/mol. The zero-order chi connectivity index (χ0) is 14.4. The average molecular weight is 278 g/mol. The van der Waals surface area contributed by atoms with Gasteiger partial charge in [-0.3, -0.25) is 4.79 Å². The molecule has 0 saturated carbocycles. The first-order chi connectivity index (χ1) is 10.3. The zero-order valence-corrected chi connectivity index (χ0v) is 10.9. The third-order valence-electron chi connectivity index (χ3n) is 3.51. The molecule has 0 amide bonds. The summed E-state index contributed by atoms with van der Waals surface area (Å²) in [6.45, 7) is 0. The monoisotopic (exact) mass is 278 g/mol. The summed E-state index contributed by atoms with van der Waals surface area (Å²) in [7, 11) is 0. The third-order valence-corrected chi connectivity index (χ3v) is 3.51.